The van der Waals surface area contributed by atoms with Crippen LogP contribution in [0.2, 0.25) is 0 Å². The molecule has 0 fully saturated rings. The molecule has 3 rings (SSSR count). The Bertz CT molecular complexity index is 859. The predicted molar refractivity (Wildman–Crippen MR) is 87.1 cm³/mol. The summed E-state index contributed by atoms with van der Waals surface area (Å²) < 4.78 is 7.15. The van der Waals surface area contributed by atoms with Crippen molar-refractivity contribution >= 4 is 17.6 Å². The minimum Gasteiger partial charge on any atom is -0.475 e. The van der Waals surface area contributed by atoms with Gasteiger partial charge in [0.1, 0.15) is 0 Å². The van der Waals surface area contributed by atoms with Crippen LogP contribution >= 0.6 is 0 Å². The average Bonchev–Trinajstić information content (AvgIpc) is 3.03. The Kier molecular flexibility index (Phi) is 4.76. The molecule has 0 aliphatic heterocycles. The van der Waals surface area contributed by atoms with Gasteiger partial charge in [-0.25, -0.2) is 4.98 Å². The Morgan fingerprint density at radius 2 is 2.29 bits per heavy atom. The van der Waals surface area contributed by atoms with Crippen LogP contribution in [0.4, 0.5) is 0 Å². The Balaban J connectivity index is 1.66. The van der Waals surface area contributed by atoms with E-state index in [1.165, 1.54) is 6.08 Å². The summed E-state index contributed by atoms with van der Waals surface area (Å²) in [5.41, 5.74) is 1.38. The van der Waals surface area contributed by atoms with Crippen molar-refractivity contribution in [1.29, 1.82) is 0 Å². The van der Waals surface area contributed by atoms with Gasteiger partial charge in [-0.15, -0.1) is 10.2 Å². The number of amides is 1. The number of aromatic nitrogens is 5. The van der Waals surface area contributed by atoms with Crippen LogP contribution in [0, 0.1) is 0 Å². The number of hydrogen-bond donors (Lipinski definition) is 1. The number of rotatable bonds is 6. The molecule has 8 nitrogen and oxygen atoms in total. The van der Waals surface area contributed by atoms with E-state index in [2.05, 4.69) is 25.5 Å². The molecule has 3 aromatic rings. The summed E-state index contributed by atoms with van der Waals surface area (Å²) in [6.45, 7) is 2.61. The first-order chi connectivity index (χ1) is 11.8. The van der Waals surface area contributed by atoms with E-state index in [-0.39, 0.29) is 12.5 Å². The Hall–Kier alpha value is -3.29. The van der Waals surface area contributed by atoms with Crippen LogP contribution in [0.3, 0.4) is 0 Å². The molecule has 24 heavy (non-hydrogen) atoms. The molecule has 0 aliphatic rings. The third kappa shape index (κ3) is 3.54. The molecule has 1 amide bonds. The summed E-state index contributed by atoms with van der Waals surface area (Å²) in [6.07, 6.45) is 9.84. The van der Waals surface area contributed by atoms with E-state index in [4.69, 9.17) is 4.74 Å². The summed E-state index contributed by atoms with van der Waals surface area (Å²) >= 11 is 0. The first-order valence-electron chi connectivity index (χ1n) is 7.45. The van der Waals surface area contributed by atoms with Gasteiger partial charge in [-0.05, 0) is 24.6 Å². The molecule has 3 aromatic heterocycles. The van der Waals surface area contributed by atoms with E-state index < -0.39 is 0 Å². The fraction of sp³-hybridized carbons (Fsp3) is 0.188. The van der Waals surface area contributed by atoms with E-state index in [0.717, 1.165) is 5.56 Å². The van der Waals surface area contributed by atoms with E-state index >= 15 is 0 Å². The molecule has 0 unspecified atom stereocenters. The maximum atomic E-state index is 11.9. The van der Waals surface area contributed by atoms with Crippen molar-refractivity contribution in [3.8, 4) is 5.88 Å². The van der Waals surface area contributed by atoms with Crippen LogP contribution in [0.5, 0.6) is 5.88 Å². The number of nitrogens with one attached hydrogen (secondary N) is 1. The first kappa shape index (κ1) is 15.6. The Morgan fingerprint density at radius 1 is 1.38 bits per heavy atom. The van der Waals surface area contributed by atoms with Crippen molar-refractivity contribution in [2.75, 3.05) is 6.61 Å². The summed E-state index contributed by atoms with van der Waals surface area (Å²) in [7, 11) is 0. The maximum Gasteiger partial charge on any atom is 0.260 e. The SMILES string of the molecule is CCOc1nccn2c(CNC(=O)/C=C\c3cccnc3)nnc12. The van der Waals surface area contributed by atoms with Gasteiger partial charge in [-0.2, -0.15) is 0 Å². The van der Waals surface area contributed by atoms with Crippen LogP contribution in [0.15, 0.2) is 43.0 Å². The molecule has 0 radical (unpaired) electrons. The number of carbonyl (C=O) groups excluding carboxylic acids is 1. The van der Waals surface area contributed by atoms with E-state index in [0.29, 0.717) is 24.0 Å². The number of ether oxygens (including phenoxy) is 1. The number of hydrogen-bond acceptors (Lipinski definition) is 6. The quantitative estimate of drug-likeness (QED) is 0.686. The average molecular weight is 324 g/mol. The van der Waals surface area contributed by atoms with Crippen LogP contribution in [0.1, 0.15) is 18.3 Å². The third-order valence-electron chi connectivity index (χ3n) is 3.18. The highest BCUT2D eigenvalue weighted by Crippen LogP contribution is 2.14. The van der Waals surface area contributed by atoms with Crippen molar-refractivity contribution in [3.63, 3.8) is 0 Å². The van der Waals surface area contributed by atoms with Crippen molar-refractivity contribution in [1.82, 2.24) is 29.9 Å². The molecule has 0 spiro atoms. The summed E-state index contributed by atoms with van der Waals surface area (Å²) in [5.74, 6) is 0.785. The van der Waals surface area contributed by atoms with Gasteiger partial charge in [0.15, 0.2) is 5.82 Å². The second kappa shape index (κ2) is 7.32. The highest BCUT2D eigenvalue weighted by molar-refractivity contribution is 5.91. The second-order valence-electron chi connectivity index (χ2n) is 4.81. The van der Waals surface area contributed by atoms with Crippen molar-refractivity contribution in [2.45, 2.75) is 13.5 Å². The summed E-state index contributed by atoms with van der Waals surface area (Å²) in [4.78, 5) is 20.0. The molecule has 0 atom stereocenters. The van der Waals surface area contributed by atoms with Crippen LogP contribution < -0.4 is 10.1 Å². The molecule has 122 valence electrons. The minimum absolute atomic E-state index is 0.227. The zero-order valence-corrected chi connectivity index (χ0v) is 13.1. The fourth-order valence-corrected chi connectivity index (χ4v) is 2.08. The summed E-state index contributed by atoms with van der Waals surface area (Å²) in [6, 6.07) is 3.68. The van der Waals surface area contributed by atoms with Gasteiger partial charge in [0.2, 0.25) is 11.6 Å². The molecular weight excluding hydrogens is 308 g/mol. The lowest BCUT2D eigenvalue weighted by Crippen LogP contribution is -2.21. The van der Waals surface area contributed by atoms with E-state index in [1.807, 2.05) is 19.1 Å². The van der Waals surface area contributed by atoms with Gasteiger partial charge in [0, 0.05) is 30.9 Å². The lowest BCUT2D eigenvalue weighted by atomic mass is 10.2. The number of fused-ring (bicyclic) bond motifs is 1. The summed E-state index contributed by atoms with van der Waals surface area (Å²) in [5, 5.41) is 10.9. The molecule has 0 bridgehead atoms. The lowest BCUT2D eigenvalue weighted by molar-refractivity contribution is -0.116. The molecule has 0 saturated heterocycles. The van der Waals surface area contributed by atoms with Gasteiger partial charge < -0.3 is 10.1 Å². The molecule has 0 aliphatic carbocycles. The number of nitrogens with zero attached hydrogens (tertiary/aromatic N) is 5. The largest absolute Gasteiger partial charge is 0.475 e. The zero-order valence-electron chi connectivity index (χ0n) is 13.1. The normalized spacial score (nSPS) is 11.0. The maximum absolute atomic E-state index is 11.9. The van der Waals surface area contributed by atoms with Gasteiger partial charge in [-0.3, -0.25) is 14.2 Å². The minimum atomic E-state index is -0.227. The van der Waals surface area contributed by atoms with Gasteiger partial charge in [0.25, 0.3) is 5.88 Å². The second-order valence-corrected chi connectivity index (χ2v) is 4.81. The fourth-order valence-electron chi connectivity index (χ4n) is 2.08. The predicted octanol–water partition coefficient (Wildman–Crippen LogP) is 1.25. The first-order valence-corrected chi connectivity index (χ1v) is 7.45. The van der Waals surface area contributed by atoms with Gasteiger partial charge in [-0.1, -0.05) is 6.07 Å². The van der Waals surface area contributed by atoms with Crippen LogP contribution in [0.25, 0.3) is 11.7 Å². The third-order valence-corrected chi connectivity index (χ3v) is 3.18. The van der Waals surface area contributed by atoms with Crippen LogP contribution in [-0.4, -0.2) is 37.1 Å². The van der Waals surface area contributed by atoms with Crippen molar-refractivity contribution in [2.24, 2.45) is 0 Å². The zero-order chi connectivity index (χ0) is 16.8. The Morgan fingerprint density at radius 3 is 3.08 bits per heavy atom. The number of carbonyl (C=O) groups is 1. The molecule has 8 heteroatoms. The lowest BCUT2D eigenvalue weighted by Gasteiger charge is -2.04. The van der Waals surface area contributed by atoms with E-state index in [9.17, 15) is 4.79 Å². The standard InChI is InChI=1S/C16H16N6O2/c1-2-24-16-15-21-20-13(22(15)9-8-18-16)11-19-14(23)6-5-12-4-3-7-17-10-12/h3-10H,2,11H2,1H3,(H,19,23)/b6-5-. The van der Waals surface area contributed by atoms with Gasteiger partial charge in [0.05, 0.1) is 13.2 Å². The molecule has 1 N–H and O–H groups in total. The highest BCUT2D eigenvalue weighted by Gasteiger charge is 2.11. The number of pyridine rings is 1. The van der Waals surface area contributed by atoms with E-state index in [1.54, 1.807) is 35.3 Å². The van der Waals surface area contributed by atoms with Gasteiger partial charge >= 0.3 is 0 Å². The van der Waals surface area contributed by atoms with Crippen LogP contribution in [-0.2, 0) is 11.3 Å². The highest BCUT2D eigenvalue weighted by atomic mass is 16.5. The molecular formula is C16H16N6O2. The van der Waals surface area contributed by atoms with Crippen molar-refractivity contribution in [3.05, 3.63) is 54.4 Å². The topological polar surface area (TPSA) is 94.3 Å². The molecule has 3 heterocycles. The molecule has 0 aromatic carbocycles. The molecule has 0 saturated carbocycles. The van der Waals surface area contributed by atoms with Crippen molar-refractivity contribution < 1.29 is 9.53 Å². The monoisotopic (exact) mass is 324 g/mol. The smallest absolute Gasteiger partial charge is 0.260 e. The Labute approximate surface area is 138 Å².